The molecule has 0 aromatic heterocycles. The van der Waals surface area contributed by atoms with Crippen LogP contribution in [-0.2, 0) is 16.0 Å². The largest absolute Gasteiger partial charge is 0.481 e. The van der Waals surface area contributed by atoms with Gasteiger partial charge in [0.2, 0.25) is 0 Å². The molecule has 7 nitrogen and oxygen atoms in total. The molecular weight excluding hydrogens is 410 g/mol. The van der Waals surface area contributed by atoms with E-state index in [1.807, 2.05) is 26.8 Å². The van der Waals surface area contributed by atoms with E-state index in [0.717, 1.165) is 56.9 Å². The number of hydrogen-bond acceptors (Lipinski definition) is 4. The first-order valence-electron chi connectivity index (χ1n) is 11.6. The zero-order valence-electron chi connectivity index (χ0n) is 19.8. The molecule has 7 heteroatoms. The lowest BCUT2D eigenvalue weighted by Gasteiger charge is -2.27. The zero-order chi connectivity index (χ0) is 24.0. The van der Waals surface area contributed by atoms with E-state index in [9.17, 15) is 14.4 Å². The second kappa shape index (κ2) is 14.5. The number of aryl methyl sites for hydroxylation is 1. The highest BCUT2D eigenvalue weighted by atomic mass is 16.6. The van der Waals surface area contributed by atoms with Crippen LogP contribution in [-0.4, -0.2) is 51.8 Å². The molecule has 0 aliphatic rings. The number of ether oxygens (including phenoxy) is 1. The van der Waals surface area contributed by atoms with Gasteiger partial charge in [0.05, 0.1) is 5.56 Å². The van der Waals surface area contributed by atoms with E-state index in [-0.39, 0.29) is 12.5 Å². The topological polar surface area (TPSA) is 104 Å². The van der Waals surface area contributed by atoms with Gasteiger partial charge in [0.15, 0.2) is 0 Å². The quantitative estimate of drug-likeness (QED) is 0.330. The maximum Gasteiger partial charge on any atom is 0.410 e. The molecule has 1 aromatic carbocycles. The molecule has 32 heavy (non-hydrogen) atoms. The highest BCUT2D eigenvalue weighted by molar-refractivity contribution is 5.87. The van der Waals surface area contributed by atoms with Gasteiger partial charge in [-0.15, -0.1) is 0 Å². The van der Waals surface area contributed by atoms with Crippen LogP contribution in [0.4, 0.5) is 4.79 Å². The number of carbonyl (C=O) groups excluding carboxylic acids is 1. The van der Waals surface area contributed by atoms with Crippen molar-refractivity contribution in [2.45, 2.75) is 90.6 Å². The van der Waals surface area contributed by atoms with Crippen LogP contribution < -0.4 is 0 Å². The third kappa shape index (κ3) is 13.0. The van der Waals surface area contributed by atoms with Crippen molar-refractivity contribution in [1.29, 1.82) is 0 Å². The molecule has 1 amide bonds. The summed E-state index contributed by atoms with van der Waals surface area (Å²) < 4.78 is 5.55. The Morgan fingerprint density at radius 3 is 2.06 bits per heavy atom. The average Bonchev–Trinajstić information content (AvgIpc) is 2.69. The fraction of sp³-hybridized carbons (Fsp3) is 0.640. The predicted octanol–water partition coefficient (Wildman–Crippen LogP) is 5.76. The van der Waals surface area contributed by atoms with Gasteiger partial charge < -0.3 is 19.8 Å². The minimum absolute atomic E-state index is 0.213. The standard InChI is InChI=1S/C25H39NO6/c1-25(2,3)32-24(31)26(17-10-6-4-5-9-16-22(27)28)18-11-7-8-13-20-14-12-15-21(19-20)23(29)30/h12,14-15,19H,4-11,13,16-18H2,1-3H3,(H,27,28)(H,29,30). The molecule has 0 radical (unpaired) electrons. The maximum atomic E-state index is 12.6. The SMILES string of the molecule is CC(C)(C)OC(=O)N(CCCCCCCC(=O)O)CCCCCc1cccc(C(=O)O)c1. The molecule has 2 N–H and O–H groups in total. The van der Waals surface area contributed by atoms with Crippen LogP contribution in [0.15, 0.2) is 24.3 Å². The Hall–Kier alpha value is -2.57. The smallest absolute Gasteiger partial charge is 0.410 e. The van der Waals surface area contributed by atoms with Crippen LogP contribution in [0.1, 0.15) is 94.5 Å². The van der Waals surface area contributed by atoms with Crippen molar-refractivity contribution in [3.05, 3.63) is 35.4 Å². The van der Waals surface area contributed by atoms with Gasteiger partial charge in [0.1, 0.15) is 5.60 Å². The van der Waals surface area contributed by atoms with Crippen molar-refractivity contribution in [2.75, 3.05) is 13.1 Å². The Morgan fingerprint density at radius 1 is 0.875 bits per heavy atom. The Morgan fingerprint density at radius 2 is 1.47 bits per heavy atom. The van der Waals surface area contributed by atoms with Crippen LogP contribution >= 0.6 is 0 Å². The van der Waals surface area contributed by atoms with Gasteiger partial charge in [-0.1, -0.05) is 37.8 Å². The second-order valence-corrected chi connectivity index (χ2v) is 9.20. The summed E-state index contributed by atoms with van der Waals surface area (Å²) in [6.45, 7) is 6.84. The lowest BCUT2D eigenvalue weighted by atomic mass is 10.0. The van der Waals surface area contributed by atoms with E-state index in [1.54, 1.807) is 23.1 Å². The summed E-state index contributed by atoms with van der Waals surface area (Å²) in [5.74, 6) is -1.67. The summed E-state index contributed by atoms with van der Waals surface area (Å²) in [5.41, 5.74) is 0.778. The average molecular weight is 450 g/mol. The molecule has 0 heterocycles. The maximum absolute atomic E-state index is 12.6. The number of carbonyl (C=O) groups is 3. The number of carboxylic acids is 2. The number of nitrogens with zero attached hydrogens (tertiary/aromatic N) is 1. The van der Waals surface area contributed by atoms with Crippen molar-refractivity contribution in [3.63, 3.8) is 0 Å². The lowest BCUT2D eigenvalue weighted by Crippen LogP contribution is -2.38. The van der Waals surface area contributed by atoms with Gasteiger partial charge >= 0.3 is 18.0 Å². The van der Waals surface area contributed by atoms with Crippen molar-refractivity contribution in [3.8, 4) is 0 Å². The van der Waals surface area contributed by atoms with Gasteiger partial charge in [-0.25, -0.2) is 9.59 Å². The van der Waals surface area contributed by atoms with Crippen LogP contribution in [0, 0.1) is 0 Å². The van der Waals surface area contributed by atoms with Crippen LogP contribution in [0.3, 0.4) is 0 Å². The minimum atomic E-state index is -0.915. The highest BCUT2D eigenvalue weighted by Crippen LogP contribution is 2.14. The number of amides is 1. The molecule has 0 spiro atoms. The number of hydrogen-bond donors (Lipinski definition) is 2. The molecule has 0 fully saturated rings. The number of carboxylic acid groups (broad SMARTS) is 2. The summed E-state index contributed by atoms with van der Waals surface area (Å²) in [6.07, 6.45) is 7.82. The van der Waals surface area contributed by atoms with Gasteiger partial charge in [-0.2, -0.15) is 0 Å². The number of unbranched alkanes of at least 4 members (excludes halogenated alkanes) is 6. The summed E-state index contributed by atoms with van der Waals surface area (Å²) in [6, 6.07) is 7.02. The second-order valence-electron chi connectivity index (χ2n) is 9.20. The Kier molecular flexibility index (Phi) is 12.4. The first-order chi connectivity index (χ1) is 15.1. The molecule has 0 saturated carbocycles. The first-order valence-corrected chi connectivity index (χ1v) is 11.6. The summed E-state index contributed by atoms with van der Waals surface area (Å²) >= 11 is 0. The van der Waals surface area contributed by atoms with Crippen molar-refractivity contribution < 1.29 is 29.3 Å². The van der Waals surface area contributed by atoms with E-state index in [1.165, 1.54) is 0 Å². The van der Waals surface area contributed by atoms with Crippen molar-refractivity contribution in [2.24, 2.45) is 0 Å². The molecule has 180 valence electrons. The van der Waals surface area contributed by atoms with Crippen LogP contribution in [0.2, 0.25) is 0 Å². The van der Waals surface area contributed by atoms with E-state index < -0.39 is 17.5 Å². The molecule has 0 aliphatic carbocycles. The van der Waals surface area contributed by atoms with E-state index in [0.29, 0.717) is 25.1 Å². The highest BCUT2D eigenvalue weighted by Gasteiger charge is 2.21. The Balaban J connectivity index is 2.39. The predicted molar refractivity (Wildman–Crippen MR) is 124 cm³/mol. The van der Waals surface area contributed by atoms with Crippen molar-refractivity contribution >= 4 is 18.0 Å². The Bertz CT molecular complexity index is 725. The van der Waals surface area contributed by atoms with E-state index in [2.05, 4.69) is 0 Å². The molecule has 0 unspecified atom stereocenters. The number of rotatable bonds is 15. The van der Waals surface area contributed by atoms with Crippen LogP contribution in [0.5, 0.6) is 0 Å². The van der Waals surface area contributed by atoms with E-state index in [4.69, 9.17) is 14.9 Å². The number of benzene rings is 1. The fourth-order valence-corrected chi connectivity index (χ4v) is 3.40. The summed E-state index contributed by atoms with van der Waals surface area (Å²) in [4.78, 5) is 36.0. The Labute approximate surface area is 191 Å². The van der Waals surface area contributed by atoms with E-state index >= 15 is 0 Å². The van der Waals surface area contributed by atoms with Gasteiger partial charge in [0, 0.05) is 19.5 Å². The summed E-state index contributed by atoms with van der Waals surface area (Å²) in [7, 11) is 0. The van der Waals surface area contributed by atoms with Gasteiger partial charge in [-0.05, 0) is 70.6 Å². The van der Waals surface area contributed by atoms with Gasteiger partial charge in [-0.3, -0.25) is 4.79 Å². The molecule has 0 aliphatic heterocycles. The molecule has 1 aromatic rings. The molecule has 0 saturated heterocycles. The van der Waals surface area contributed by atoms with Crippen LogP contribution in [0.25, 0.3) is 0 Å². The monoisotopic (exact) mass is 449 g/mol. The first kappa shape index (κ1) is 27.5. The van der Waals surface area contributed by atoms with Gasteiger partial charge in [0.25, 0.3) is 0 Å². The normalized spacial score (nSPS) is 11.2. The molecule has 1 rings (SSSR count). The molecular formula is C25H39NO6. The zero-order valence-corrected chi connectivity index (χ0v) is 19.8. The minimum Gasteiger partial charge on any atom is -0.481 e. The number of aliphatic carboxylic acids is 1. The third-order valence-corrected chi connectivity index (χ3v) is 5.04. The third-order valence-electron chi connectivity index (χ3n) is 5.04. The number of aromatic carboxylic acids is 1. The fourth-order valence-electron chi connectivity index (χ4n) is 3.40. The molecule has 0 bridgehead atoms. The molecule has 0 atom stereocenters. The lowest BCUT2D eigenvalue weighted by molar-refractivity contribution is -0.137. The summed E-state index contributed by atoms with van der Waals surface area (Å²) in [5, 5.41) is 17.8. The van der Waals surface area contributed by atoms with Crippen molar-refractivity contribution in [1.82, 2.24) is 4.90 Å².